The zero-order valence-electron chi connectivity index (χ0n) is 12.0. The van der Waals surface area contributed by atoms with Crippen molar-refractivity contribution in [3.05, 3.63) is 47.7 Å². The van der Waals surface area contributed by atoms with E-state index in [1.807, 2.05) is 6.07 Å². The summed E-state index contributed by atoms with van der Waals surface area (Å²) in [5, 5.41) is 2.58. The van der Waals surface area contributed by atoms with Crippen LogP contribution in [0.1, 0.15) is 31.1 Å². The molecule has 0 fully saturated rings. The number of Topliss-reactive ketones (excluding diaryl/α,β-unsaturated/α-hetero) is 1. The molecule has 1 rings (SSSR count). The van der Waals surface area contributed by atoms with Crippen LogP contribution in [-0.2, 0) is 13.6 Å². The second kappa shape index (κ2) is 8.00. The normalized spacial score (nSPS) is 12.2. The van der Waals surface area contributed by atoms with E-state index in [0.29, 0.717) is 11.1 Å². The Morgan fingerprint density at radius 2 is 1.75 bits per heavy atom. The molecule has 1 aromatic rings. The largest absolute Gasteiger partial charge is 0.432 e. The van der Waals surface area contributed by atoms with Gasteiger partial charge in [0.1, 0.15) is 0 Å². The van der Waals surface area contributed by atoms with E-state index in [1.54, 1.807) is 45.0 Å². The van der Waals surface area contributed by atoms with E-state index in [0.717, 1.165) is 0 Å². The van der Waals surface area contributed by atoms with Crippen LogP contribution in [0, 0.1) is 0 Å². The first-order valence-electron chi connectivity index (χ1n) is 6.46. The Bertz CT molecular complexity index is 503. The number of benzene rings is 1. The van der Waals surface area contributed by atoms with E-state index in [-0.39, 0.29) is 19.0 Å². The molecule has 0 spiro atoms. The van der Waals surface area contributed by atoms with Gasteiger partial charge in [0.05, 0.1) is 13.2 Å². The van der Waals surface area contributed by atoms with Crippen LogP contribution < -0.4 is 5.09 Å². The van der Waals surface area contributed by atoms with Crippen molar-refractivity contribution < 1.29 is 18.4 Å². The van der Waals surface area contributed by atoms with Gasteiger partial charge in [-0.15, -0.1) is 0 Å². The summed E-state index contributed by atoms with van der Waals surface area (Å²) in [4.78, 5) is 12.1. The highest BCUT2D eigenvalue weighted by Crippen LogP contribution is 2.43. The van der Waals surface area contributed by atoms with Crippen molar-refractivity contribution in [2.24, 2.45) is 0 Å². The molecule has 1 N–H and O–H groups in total. The number of hydrogen-bond acceptors (Lipinski definition) is 4. The molecule has 6 heteroatoms. The van der Waals surface area contributed by atoms with Gasteiger partial charge in [0.15, 0.2) is 5.78 Å². The number of allylic oxidation sites excluding steroid dienone is 1. The molecule has 0 radical (unpaired) electrons. The van der Waals surface area contributed by atoms with E-state index in [1.165, 1.54) is 6.20 Å². The van der Waals surface area contributed by atoms with E-state index in [4.69, 9.17) is 9.05 Å². The van der Waals surface area contributed by atoms with Crippen LogP contribution in [0.4, 0.5) is 0 Å². The Morgan fingerprint density at radius 3 is 2.25 bits per heavy atom. The molecule has 0 saturated carbocycles. The van der Waals surface area contributed by atoms with Crippen LogP contribution >= 0.6 is 7.75 Å². The van der Waals surface area contributed by atoms with Crippen molar-refractivity contribution in [1.82, 2.24) is 5.09 Å². The van der Waals surface area contributed by atoms with Gasteiger partial charge in [-0.1, -0.05) is 30.3 Å². The van der Waals surface area contributed by atoms with Crippen LogP contribution in [0.15, 0.2) is 42.1 Å². The van der Waals surface area contributed by atoms with Gasteiger partial charge in [0, 0.05) is 17.3 Å². The lowest BCUT2D eigenvalue weighted by molar-refractivity contribution is 0.103. The second-order valence-corrected chi connectivity index (χ2v) is 5.75. The highest BCUT2D eigenvalue weighted by Gasteiger charge is 2.22. The van der Waals surface area contributed by atoms with Gasteiger partial charge in [-0.05, 0) is 20.8 Å². The first kappa shape index (κ1) is 16.6. The molecule has 0 atom stereocenters. The fourth-order valence-electron chi connectivity index (χ4n) is 1.51. The van der Waals surface area contributed by atoms with Gasteiger partial charge in [0.25, 0.3) is 0 Å². The van der Waals surface area contributed by atoms with Gasteiger partial charge in [-0.2, -0.15) is 0 Å². The van der Waals surface area contributed by atoms with Crippen molar-refractivity contribution in [2.45, 2.75) is 20.8 Å². The zero-order chi connectivity index (χ0) is 15.0. The number of hydrogen-bond donors (Lipinski definition) is 1. The van der Waals surface area contributed by atoms with Gasteiger partial charge in [-0.25, -0.2) is 4.57 Å². The molecule has 0 aliphatic carbocycles. The molecule has 1 aromatic carbocycles. The minimum Gasteiger partial charge on any atom is -0.299 e. The van der Waals surface area contributed by atoms with Crippen molar-refractivity contribution in [3.63, 3.8) is 0 Å². The standard InChI is InChI=1S/C14H20NO4P/c1-4-18-20(17,19-5-2)15-11-12(3)14(16)13-9-7-6-8-10-13/h6-11H,4-5H2,1-3H3,(H,15,17)/b12-11+. The molecule has 5 nitrogen and oxygen atoms in total. The van der Waals surface area contributed by atoms with Gasteiger partial charge < -0.3 is 0 Å². The fraction of sp³-hybridized carbons (Fsp3) is 0.357. The minimum atomic E-state index is -3.38. The molecule has 0 amide bonds. The van der Waals surface area contributed by atoms with Gasteiger partial charge in [0.2, 0.25) is 0 Å². The monoisotopic (exact) mass is 297 g/mol. The summed E-state index contributed by atoms with van der Waals surface area (Å²) in [7, 11) is -3.38. The second-order valence-electron chi connectivity index (χ2n) is 3.98. The molecular formula is C14H20NO4P. The number of ketones is 1. The van der Waals surface area contributed by atoms with Crippen LogP contribution in [0.3, 0.4) is 0 Å². The average molecular weight is 297 g/mol. The highest BCUT2D eigenvalue weighted by atomic mass is 31.2. The lowest BCUT2D eigenvalue weighted by atomic mass is 10.1. The molecule has 0 bridgehead atoms. The summed E-state index contributed by atoms with van der Waals surface area (Å²) in [6.45, 7) is 5.59. The topological polar surface area (TPSA) is 64.6 Å². The number of nitrogens with one attached hydrogen (secondary N) is 1. The van der Waals surface area contributed by atoms with Crippen LogP contribution in [-0.4, -0.2) is 19.0 Å². The lowest BCUT2D eigenvalue weighted by Gasteiger charge is -2.16. The molecule has 0 aromatic heterocycles. The smallest absolute Gasteiger partial charge is 0.299 e. The molecule has 0 saturated heterocycles. The predicted molar refractivity (Wildman–Crippen MR) is 78.5 cm³/mol. The van der Waals surface area contributed by atoms with Crippen LogP contribution in [0.2, 0.25) is 0 Å². The SMILES string of the molecule is CCOP(=O)(N/C=C(\C)C(=O)c1ccccc1)OCC. The fourth-order valence-corrected chi connectivity index (χ4v) is 2.77. The summed E-state index contributed by atoms with van der Waals surface area (Å²) in [6, 6.07) is 8.87. The number of carbonyl (C=O) groups excluding carboxylic acids is 1. The predicted octanol–water partition coefficient (Wildman–Crippen LogP) is 3.54. The first-order valence-corrected chi connectivity index (χ1v) is 8.00. The Hall–Kier alpha value is -1.42. The third-order valence-corrected chi connectivity index (χ3v) is 4.07. The van der Waals surface area contributed by atoms with E-state index in [2.05, 4.69) is 5.09 Å². The van der Waals surface area contributed by atoms with Crippen LogP contribution in [0.25, 0.3) is 0 Å². The maximum absolute atomic E-state index is 12.2. The Balaban J connectivity index is 2.78. The van der Waals surface area contributed by atoms with Crippen molar-refractivity contribution in [2.75, 3.05) is 13.2 Å². The Kier molecular flexibility index (Phi) is 6.65. The maximum atomic E-state index is 12.2. The first-order chi connectivity index (χ1) is 9.52. The molecule has 0 unspecified atom stereocenters. The van der Waals surface area contributed by atoms with E-state index in [9.17, 15) is 9.36 Å². The molecule has 110 valence electrons. The van der Waals surface area contributed by atoms with E-state index < -0.39 is 7.75 Å². The quantitative estimate of drug-likeness (QED) is 0.451. The minimum absolute atomic E-state index is 0.141. The summed E-state index contributed by atoms with van der Waals surface area (Å²) in [5.41, 5.74) is 1.00. The van der Waals surface area contributed by atoms with Crippen molar-refractivity contribution >= 4 is 13.5 Å². The summed E-state index contributed by atoms with van der Waals surface area (Å²) < 4.78 is 22.3. The zero-order valence-corrected chi connectivity index (χ0v) is 12.9. The molecule has 20 heavy (non-hydrogen) atoms. The Morgan fingerprint density at radius 1 is 1.20 bits per heavy atom. The van der Waals surface area contributed by atoms with Crippen molar-refractivity contribution in [1.29, 1.82) is 0 Å². The highest BCUT2D eigenvalue weighted by molar-refractivity contribution is 7.51. The molecule has 0 aliphatic heterocycles. The number of carbonyl (C=O) groups is 1. The molecular weight excluding hydrogens is 277 g/mol. The maximum Gasteiger partial charge on any atom is 0.432 e. The summed E-state index contributed by atoms with van der Waals surface area (Å²) in [5.74, 6) is -0.141. The summed E-state index contributed by atoms with van der Waals surface area (Å²) in [6.07, 6.45) is 1.38. The Labute approximate surface area is 119 Å². The summed E-state index contributed by atoms with van der Waals surface area (Å²) >= 11 is 0. The molecule has 0 aliphatic rings. The number of rotatable bonds is 8. The van der Waals surface area contributed by atoms with Gasteiger partial charge in [-0.3, -0.25) is 18.9 Å². The third kappa shape index (κ3) is 4.93. The average Bonchev–Trinajstić information content (AvgIpc) is 2.45. The van der Waals surface area contributed by atoms with E-state index >= 15 is 0 Å². The van der Waals surface area contributed by atoms with Crippen LogP contribution in [0.5, 0.6) is 0 Å². The third-order valence-electron chi connectivity index (χ3n) is 2.43. The van der Waals surface area contributed by atoms with Gasteiger partial charge >= 0.3 is 7.75 Å². The lowest BCUT2D eigenvalue weighted by Crippen LogP contribution is -2.11. The molecule has 0 heterocycles. The van der Waals surface area contributed by atoms with Crippen molar-refractivity contribution in [3.8, 4) is 0 Å².